The molecule has 3 rings (SSSR count). The molecular formula is C16H16FNO2. The summed E-state index contributed by atoms with van der Waals surface area (Å²) in [5, 5.41) is 0. The highest BCUT2D eigenvalue weighted by atomic mass is 19.1. The third kappa shape index (κ3) is 2.54. The summed E-state index contributed by atoms with van der Waals surface area (Å²) in [6, 6.07) is 12.7. The van der Waals surface area contributed by atoms with Gasteiger partial charge in [0.2, 0.25) is 6.79 Å². The van der Waals surface area contributed by atoms with Crippen molar-refractivity contribution in [3.63, 3.8) is 0 Å². The van der Waals surface area contributed by atoms with Crippen molar-refractivity contribution >= 4 is 5.69 Å². The van der Waals surface area contributed by atoms with Crippen LogP contribution in [0.5, 0.6) is 11.5 Å². The summed E-state index contributed by atoms with van der Waals surface area (Å²) in [5.74, 6) is 1.39. The predicted octanol–water partition coefficient (Wildman–Crippen LogP) is 3.23. The van der Waals surface area contributed by atoms with E-state index in [1.165, 1.54) is 6.07 Å². The molecule has 2 aromatic carbocycles. The zero-order valence-corrected chi connectivity index (χ0v) is 11.3. The number of rotatable bonds is 4. The van der Waals surface area contributed by atoms with Gasteiger partial charge in [-0.25, -0.2) is 4.39 Å². The van der Waals surface area contributed by atoms with Gasteiger partial charge in [-0.2, -0.15) is 0 Å². The second-order valence-corrected chi connectivity index (χ2v) is 4.80. The lowest BCUT2D eigenvalue weighted by Gasteiger charge is -2.19. The largest absolute Gasteiger partial charge is 0.454 e. The smallest absolute Gasteiger partial charge is 0.231 e. The average Bonchev–Trinajstić information content (AvgIpc) is 2.93. The minimum Gasteiger partial charge on any atom is -0.454 e. The molecule has 0 aliphatic carbocycles. The van der Waals surface area contributed by atoms with Crippen LogP contribution in [0.3, 0.4) is 0 Å². The van der Waals surface area contributed by atoms with Gasteiger partial charge in [0, 0.05) is 25.3 Å². The van der Waals surface area contributed by atoms with Crippen molar-refractivity contribution in [1.82, 2.24) is 0 Å². The number of likely N-dealkylation sites (N-methyl/N-ethyl adjacent to an activating group) is 1. The van der Waals surface area contributed by atoms with E-state index in [2.05, 4.69) is 4.90 Å². The van der Waals surface area contributed by atoms with Crippen LogP contribution in [0.25, 0.3) is 0 Å². The van der Waals surface area contributed by atoms with E-state index >= 15 is 0 Å². The summed E-state index contributed by atoms with van der Waals surface area (Å²) in [5.41, 5.74) is 1.77. The molecule has 0 bridgehead atoms. The molecule has 0 saturated carbocycles. The summed E-state index contributed by atoms with van der Waals surface area (Å²) in [4.78, 5) is 2.08. The first-order valence-corrected chi connectivity index (χ1v) is 6.58. The molecule has 3 nitrogen and oxygen atoms in total. The molecule has 0 atom stereocenters. The molecule has 0 fully saturated rings. The van der Waals surface area contributed by atoms with Crippen LogP contribution in [-0.4, -0.2) is 20.4 Å². The maximum atomic E-state index is 13.6. The van der Waals surface area contributed by atoms with E-state index in [1.807, 2.05) is 37.4 Å². The monoisotopic (exact) mass is 273 g/mol. The molecule has 0 aromatic heterocycles. The van der Waals surface area contributed by atoms with Crippen LogP contribution in [0.4, 0.5) is 10.1 Å². The van der Waals surface area contributed by atoms with Crippen molar-refractivity contribution in [3.8, 4) is 11.5 Å². The lowest BCUT2D eigenvalue weighted by molar-refractivity contribution is 0.174. The van der Waals surface area contributed by atoms with E-state index in [0.29, 0.717) is 6.42 Å². The Labute approximate surface area is 117 Å². The van der Waals surface area contributed by atoms with Crippen molar-refractivity contribution in [2.24, 2.45) is 0 Å². The van der Waals surface area contributed by atoms with E-state index in [1.54, 1.807) is 6.07 Å². The maximum Gasteiger partial charge on any atom is 0.231 e. The van der Waals surface area contributed by atoms with Gasteiger partial charge in [-0.1, -0.05) is 18.2 Å². The normalized spacial score (nSPS) is 12.5. The SMILES string of the molecule is CN(CCc1ccccc1F)c1ccc2c(c1)OCO2. The Balaban J connectivity index is 1.67. The molecule has 1 heterocycles. The van der Waals surface area contributed by atoms with Crippen LogP contribution in [0, 0.1) is 5.82 Å². The minimum absolute atomic E-state index is 0.147. The van der Waals surface area contributed by atoms with Crippen LogP contribution < -0.4 is 14.4 Å². The number of hydrogen-bond donors (Lipinski definition) is 0. The highest BCUT2D eigenvalue weighted by Crippen LogP contribution is 2.35. The van der Waals surface area contributed by atoms with Crippen LogP contribution >= 0.6 is 0 Å². The molecule has 0 unspecified atom stereocenters. The molecule has 4 heteroatoms. The first-order valence-electron chi connectivity index (χ1n) is 6.58. The number of benzene rings is 2. The molecule has 104 valence electrons. The van der Waals surface area contributed by atoms with Gasteiger partial charge in [0.05, 0.1) is 0 Å². The highest BCUT2D eigenvalue weighted by molar-refractivity contribution is 5.56. The van der Waals surface area contributed by atoms with Crippen LogP contribution in [0.1, 0.15) is 5.56 Å². The lowest BCUT2D eigenvalue weighted by atomic mass is 10.1. The summed E-state index contributed by atoms with van der Waals surface area (Å²) in [7, 11) is 1.98. The second-order valence-electron chi connectivity index (χ2n) is 4.80. The highest BCUT2D eigenvalue weighted by Gasteiger charge is 2.14. The summed E-state index contributed by atoms with van der Waals surface area (Å²) in [6.07, 6.45) is 0.664. The fourth-order valence-electron chi connectivity index (χ4n) is 2.24. The van der Waals surface area contributed by atoms with Gasteiger partial charge < -0.3 is 14.4 Å². The Morgan fingerprint density at radius 3 is 2.75 bits per heavy atom. The Morgan fingerprint density at radius 1 is 1.10 bits per heavy atom. The van der Waals surface area contributed by atoms with Gasteiger partial charge in [0.15, 0.2) is 11.5 Å². The Kier molecular flexibility index (Phi) is 3.46. The van der Waals surface area contributed by atoms with E-state index in [4.69, 9.17) is 9.47 Å². The quantitative estimate of drug-likeness (QED) is 0.853. The summed E-state index contributed by atoms with van der Waals surface area (Å²) < 4.78 is 24.2. The van der Waals surface area contributed by atoms with Crippen molar-refractivity contribution in [3.05, 3.63) is 53.8 Å². The molecule has 0 spiro atoms. The van der Waals surface area contributed by atoms with E-state index in [9.17, 15) is 4.39 Å². The number of hydrogen-bond acceptors (Lipinski definition) is 3. The van der Waals surface area contributed by atoms with E-state index in [-0.39, 0.29) is 12.6 Å². The third-order valence-corrected chi connectivity index (χ3v) is 3.47. The average molecular weight is 273 g/mol. The second kappa shape index (κ2) is 5.41. The minimum atomic E-state index is -0.147. The van der Waals surface area contributed by atoms with Gasteiger partial charge in [-0.15, -0.1) is 0 Å². The summed E-state index contributed by atoms with van der Waals surface area (Å²) >= 11 is 0. The van der Waals surface area contributed by atoms with Crippen LogP contribution in [-0.2, 0) is 6.42 Å². The molecule has 1 aliphatic rings. The van der Waals surface area contributed by atoms with Crippen molar-refractivity contribution < 1.29 is 13.9 Å². The summed E-state index contributed by atoms with van der Waals surface area (Å²) in [6.45, 7) is 1.01. The standard InChI is InChI=1S/C16H16FNO2/c1-18(9-8-12-4-2-3-5-14(12)17)13-6-7-15-16(10-13)20-11-19-15/h2-7,10H,8-9,11H2,1H3. The Morgan fingerprint density at radius 2 is 1.90 bits per heavy atom. The number of anilines is 1. The van der Waals surface area contributed by atoms with E-state index < -0.39 is 0 Å². The van der Waals surface area contributed by atoms with Crippen molar-refractivity contribution in [2.45, 2.75) is 6.42 Å². The molecule has 20 heavy (non-hydrogen) atoms. The lowest BCUT2D eigenvalue weighted by Crippen LogP contribution is -2.20. The van der Waals surface area contributed by atoms with Crippen LogP contribution in [0.15, 0.2) is 42.5 Å². The van der Waals surface area contributed by atoms with Crippen molar-refractivity contribution in [2.75, 3.05) is 25.3 Å². The number of nitrogens with zero attached hydrogens (tertiary/aromatic N) is 1. The molecule has 2 aromatic rings. The number of ether oxygens (including phenoxy) is 2. The van der Waals surface area contributed by atoms with Crippen LogP contribution in [0.2, 0.25) is 0 Å². The first-order chi connectivity index (χ1) is 9.74. The first kappa shape index (κ1) is 12.8. The molecule has 0 amide bonds. The molecule has 0 radical (unpaired) electrons. The third-order valence-electron chi connectivity index (χ3n) is 3.47. The zero-order chi connectivity index (χ0) is 13.9. The molecule has 0 N–H and O–H groups in total. The van der Waals surface area contributed by atoms with Crippen molar-refractivity contribution in [1.29, 1.82) is 0 Å². The van der Waals surface area contributed by atoms with Gasteiger partial charge in [0.25, 0.3) is 0 Å². The van der Waals surface area contributed by atoms with Gasteiger partial charge >= 0.3 is 0 Å². The van der Waals surface area contributed by atoms with Gasteiger partial charge in [0.1, 0.15) is 5.82 Å². The zero-order valence-electron chi connectivity index (χ0n) is 11.3. The molecule has 1 aliphatic heterocycles. The van der Waals surface area contributed by atoms with Gasteiger partial charge in [-0.05, 0) is 30.2 Å². The van der Waals surface area contributed by atoms with E-state index in [0.717, 1.165) is 29.3 Å². The number of halogens is 1. The topological polar surface area (TPSA) is 21.7 Å². The fraction of sp³-hybridized carbons (Fsp3) is 0.250. The predicted molar refractivity (Wildman–Crippen MR) is 75.9 cm³/mol. The molecule has 0 saturated heterocycles. The Hall–Kier alpha value is -2.23. The number of fused-ring (bicyclic) bond motifs is 1. The molecular weight excluding hydrogens is 257 g/mol. The van der Waals surface area contributed by atoms with Gasteiger partial charge in [-0.3, -0.25) is 0 Å². The Bertz CT molecular complexity index is 615. The maximum absolute atomic E-state index is 13.6. The fourth-order valence-corrected chi connectivity index (χ4v) is 2.24.